The van der Waals surface area contributed by atoms with E-state index in [9.17, 15) is 0 Å². The van der Waals surface area contributed by atoms with Crippen LogP contribution in [0.3, 0.4) is 0 Å². The number of benzene rings is 3. The molecule has 0 spiro atoms. The summed E-state index contributed by atoms with van der Waals surface area (Å²) in [6.45, 7) is 19.4. The van der Waals surface area contributed by atoms with Gasteiger partial charge in [-0.25, -0.2) is 0 Å². The molecule has 3 heterocycles. The monoisotopic (exact) mass is 656 g/mol. The third-order valence-corrected chi connectivity index (χ3v) is 8.33. The van der Waals surface area contributed by atoms with Gasteiger partial charge >= 0.3 is 7.12 Å². The SMILES string of the molecule is Cc1cc(C)c(-c2ccn(B(n3ccc(-c4c(C)cc(C)cc4C)n3)n3ccc(-c4c(C)cc(C)cc4C)n3)n2)c(C)c1.[Zr]. The van der Waals surface area contributed by atoms with E-state index in [1.165, 1.54) is 66.8 Å². The van der Waals surface area contributed by atoms with Crippen molar-refractivity contribution in [1.29, 1.82) is 0 Å². The predicted octanol–water partition coefficient (Wildman–Crippen LogP) is 7.98. The maximum atomic E-state index is 5.14. The Morgan fingerprint density at radius 2 is 0.636 bits per heavy atom. The maximum Gasteiger partial charge on any atom is 0.568 e. The predicted molar refractivity (Wildman–Crippen MR) is 178 cm³/mol. The van der Waals surface area contributed by atoms with E-state index in [1.807, 2.05) is 32.4 Å². The summed E-state index contributed by atoms with van der Waals surface area (Å²) in [7, 11) is -0.431. The number of aryl methyl sites for hydroxylation is 9. The Morgan fingerprint density at radius 3 is 0.864 bits per heavy atom. The van der Waals surface area contributed by atoms with Crippen molar-refractivity contribution in [1.82, 2.24) is 29.1 Å². The Morgan fingerprint density at radius 1 is 0.409 bits per heavy atom. The molecule has 0 atom stereocenters. The molecule has 0 aliphatic heterocycles. The molecule has 3 aromatic heterocycles. The van der Waals surface area contributed by atoms with Crippen molar-refractivity contribution in [3.8, 4) is 33.8 Å². The van der Waals surface area contributed by atoms with Crippen LogP contribution in [0.25, 0.3) is 33.8 Å². The van der Waals surface area contributed by atoms with Crippen molar-refractivity contribution in [2.45, 2.75) is 62.3 Å². The van der Waals surface area contributed by atoms with E-state index in [4.69, 9.17) is 15.3 Å². The molecule has 6 rings (SSSR count). The number of aromatic nitrogens is 6. The zero-order valence-corrected chi connectivity index (χ0v) is 29.6. The minimum atomic E-state index is -0.431. The molecule has 44 heavy (non-hydrogen) atoms. The Balaban J connectivity index is 0.00000384. The second-order valence-corrected chi connectivity index (χ2v) is 12.2. The second kappa shape index (κ2) is 12.3. The van der Waals surface area contributed by atoms with E-state index in [0.717, 1.165) is 17.1 Å². The summed E-state index contributed by atoms with van der Waals surface area (Å²) < 4.78 is 5.89. The molecule has 0 amide bonds. The van der Waals surface area contributed by atoms with Crippen molar-refractivity contribution < 1.29 is 26.2 Å². The molecule has 0 fully saturated rings. The molecule has 6 nitrogen and oxygen atoms in total. The van der Waals surface area contributed by atoms with Crippen LogP contribution in [-0.4, -0.2) is 36.2 Å². The van der Waals surface area contributed by atoms with Crippen LogP contribution >= 0.6 is 0 Å². The molecule has 0 bridgehead atoms. The van der Waals surface area contributed by atoms with Gasteiger partial charge in [0.1, 0.15) is 0 Å². The van der Waals surface area contributed by atoms with Crippen molar-refractivity contribution >= 4 is 7.12 Å². The summed E-state index contributed by atoms with van der Waals surface area (Å²) in [6, 6.07) is 19.6. The standard InChI is InChI=1S/C36H39BN6.Zr/c1-22-16-25(4)34(26(5)17-22)31-10-13-41(38-31)37(42-14-11-32(39-42)35-27(6)18-23(2)19-28(35)7)43-15-12-33(40-43)36-29(8)20-24(3)21-30(36)9;/h10-21H,1-9H3;. The second-order valence-electron chi connectivity index (χ2n) is 12.2. The number of hydrogen-bond acceptors (Lipinski definition) is 3. The van der Waals surface area contributed by atoms with E-state index in [2.05, 4.69) is 117 Å². The van der Waals surface area contributed by atoms with Gasteiger partial charge in [-0.15, -0.1) is 0 Å². The quantitative estimate of drug-likeness (QED) is 0.171. The van der Waals surface area contributed by atoms with Gasteiger partial charge in [0.15, 0.2) is 0 Å². The fourth-order valence-corrected chi connectivity index (χ4v) is 6.92. The third-order valence-electron chi connectivity index (χ3n) is 8.33. The summed E-state index contributed by atoms with van der Waals surface area (Å²) in [5.74, 6) is 0. The van der Waals surface area contributed by atoms with Crippen LogP contribution in [0.4, 0.5) is 0 Å². The third kappa shape index (κ3) is 5.85. The normalized spacial score (nSPS) is 11.1. The number of nitrogens with zero attached hydrogens (tertiary/aromatic N) is 6. The van der Waals surface area contributed by atoms with Crippen LogP contribution in [0.15, 0.2) is 73.2 Å². The van der Waals surface area contributed by atoms with Crippen molar-refractivity contribution in [3.05, 3.63) is 123 Å². The van der Waals surface area contributed by atoms with E-state index >= 15 is 0 Å². The van der Waals surface area contributed by atoms with Gasteiger partial charge in [-0.05, 0) is 114 Å². The molecule has 0 saturated carbocycles. The van der Waals surface area contributed by atoms with Gasteiger partial charge in [0, 0.05) is 61.5 Å². The number of hydrogen-bond donors (Lipinski definition) is 0. The first-order valence-electron chi connectivity index (χ1n) is 14.9. The van der Waals surface area contributed by atoms with Crippen molar-refractivity contribution in [3.63, 3.8) is 0 Å². The van der Waals surface area contributed by atoms with E-state index < -0.39 is 7.12 Å². The van der Waals surface area contributed by atoms with Gasteiger partial charge < -0.3 is 0 Å². The summed E-state index contributed by atoms with van der Waals surface area (Å²) in [4.78, 5) is 0. The van der Waals surface area contributed by atoms with Crippen LogP contribution in [0.1, 0.15) is 50.1 Å². The average Bonchev–Trinajstić information content (AvgIpc) is 3.66. The van der Waals surface area contributed by atoms with Crippen LogP contribution in [0, 0.1) is 62.3 Å². The van der Waals surface area contributed by atoms with E-state index in [1.54, 1.807) is 0 Å². The first-order valence-corrected chi connectivity index (χ1v) is 14.9. The molecular weight excluding hydrogens is 618 g/mol. The first kappa shape index (κ1) is 31.7. The van der Waals surface area contributed by atoms with Crippen LogP contribution in [0.5, 0.6) is 0 Å². The molecule has 3 aromatic carbocycles. The molecule has 0 aliphatic rings. The molecule has 8 heteroatoms. The fourth-order valence-electron chi connectivity index (χ4n) is 6.92. The molecule has 220 valence electrons. The first-order chi connectivity index (χ1) is 20.5. The van der Waals surface area contributed by atoms with Gasteiger partial charge in [-0.2, -0.15) is 15.3 Å². The zero-order valence-electron chi connectivity index (χ0n) is 27.2. The average molecular weight is 658 g/mol. The van der Waals surface area contributed by atoms with Crippen LogP contribution in [-0.2, 0) is 26.2 Å². The Kier molecular flexibility index (Phi) is 8.86. The molecule has 0 N–H and O–H groups in total. The summed E-state index contributed by atoms with van der Waals surface area (Å²) in [6.07, 6.45) is 6.10. The molecule has 0 radical (unpaired) electrons. The minimum absolute atomic E-state index is 0. The molecular formula is C36H39BN6Zr. The topological polar surface area (TPSA) is 53.5 Å². The minimum Gasteiger partial charge on any atom is -0.268 e. The Hall–Kier alpha value is -3.76. The summed E-state index contributed by atoms with van der Waals surface area (Å²) >= 11 is 0. The van der Waals surface area contributed by atoms with Gasteiger partial charge in [-0.3, -0.25) is 13.8 Å². The van der Waals surface area contributed by atoms with Crippen molar-refractivity contribution in [2.24, 2.45) is 0 Å². The van der Waals surface area contributed by atoms with Gasteiger partial charge in [0.25, 0.3) is 0 Å². The molecule has 0 unspecified atom stereocenters. The summed E-state index contributed by atoms with van der Waals surface area (Å²) in [5.41, 5.74) is 17.4. The van der Waals surface area contributed by atoms with E-state index in [-0.39, 0.29) is 26.2 Å². The Bertz CT molecular complexity index is 1700. The molecule has 6 aromatic rings. The summed E-state index contributed by atoms with van der Waals surface area (Å²) in [5, 5.41) is 15.4. The molecule has 0 aliphatic carbocycles. The largest absolute Gasteiger partial charge is 0.568 e. The Labute approximate surface area is 280 Å². The van der Waals surface area contributed by atoms with Crippen LogP contribution < -0.4 is 0 Å². The fraction of sp³-hybridized carbons (Fsp3) is 0.250. The van der Waals surface area contributed by atoms with Gasteiger partial charge in [0.2, 0.25) is 0 Å². The van der Waals surface area contributed by atoms with Gasteiger partial charge in [-0.1, -0.05) is 53.1 Å². The zero-order chi connectivity index (χ0) is 30.6. The van der Waals surface area contributed by atoms with Crippen molar-refractivity contribution in [2.75, 3.05) is 0 Å². The number of rotatable bonds is 6. The molecule has 0 saturated heterocycles. The van der Waals surface area contributed by atoms with Gasteiger partial charge in [0.05, 0.1) is 17.1 Å². The van der Waals surface area contributed by atoms with Crippen LogP contribution in [0.2, 0.25) is 0 Å². The maximum absolute atomic E-state index is 5.14. The smallest absolute Gasteiger partial charge is 0.268 e. The van der Waals surface area contributed by atoms with E-state index in [0.29, 0.717) is 0 Å².